The quantitative estimate of drug-likeness (QED) is 0.899. The Hall–Kier alpha value is -1.66. The van der Waals surface area contributed by atoms with Crippen molar-refractivity contribution in [2.24, 2.45) is 0 Å². The zero-order chi connectivity index (χ0) is 12.4. The molecule has 0 saturated heterocycles. The van der Waals surface area contributed by atoms with Gasteiger partial charge in [0, 0.05) is 0 Å². The first-order valence-electron chi connectivity index (χ1n) is 4.47. The van der Waals surface area contributed by atoms with Crippen LogP contribution in [-0.2, 0) is 0 Å². The summed E-state index contributed by atoms with van der Waals surface area (Å²) in [5.41, 5.74) is 0.472. The monoisotopic (exact) mass is 272 g/mol. The number of rotatable bonds is 3. The molecule has 1 aromatic heterocycles. The summed E-state index contributed by atoms with van der Waals surface area (Å²) in [6, 6.07) is 3.87. The molecule has 0 aliphatic heterocycles. The number of nitrogens with one attached hydrogen (secondary N) is 1. The Bertz CT molecular complexity index is 573. The van der Waals surface area contributed by atoms with Gasteiger partial charge in [0.25, 0.3) is 0 Å². The Morgan fingerprint density at radius 1 is 1.53 bits per heavy atom. The number of carboxylic acid groups (broad SMARTS) is 1. The lowest BCUT2D eigenvalue weighted by Crippen LogP contribution is -1.91. The van der Waals surface area contributed by atoms with Gasteiger partial charge in [-0.15, -0.1) is 0 Å². The molecule has 1 heterocycles. The van der Waals surface area contributed by atoms with E-state index in [2.05, 4.69) is 10.3 Å². The van der Waals surface area contributed by atoms with Crippen molar-refractivity contribution in [3.63, 3.8) is 0 Å². The summed E-state index contributed by atoms with van der Waals surface area (Å²) >= 11 is 6.78. The van der Waals surface area contributed by atoms with Crippen molar-refractivity contribution in [3.8, 4) is 0 Å². The summed E-state index contributed by atoms with van der Waals surface area (Å²) in [5.74, 6) is -1.48. The molecule has 2 rings (SSSR count). The topological polar surface area (TPSA) is 62.2 Å². The number of hydrogen-bond donors (Lipinski definition) is 2. The Morgan fingerprint density at radius 2 is 2.29 bits per heavy atom. The third-order valence-corrected chi connectivity index (χ3v) is 3.10. The molecule has 4 nitrogen and oxygen atoms in total. The van der Waals surface area contributed by atoms with Crippen molar-refractivity contribution in [1.29, 1.82) is 0 Å². The normalized spacial score (nSPS) is 10.2. The van der Waals surface area contributed by atoms with E-state index in [0.717, 1.165) is 17.4 Å². The predicted octanol–water partition coefficient (Wildman–Crippen LogP) is 3.38. The molecule has 0 unspecified atom stereocenters. The maximum Gasteiger partial charge on any atom is 0.347 e. The predicted molar refractivity (Wildman–Crippen MR) is 63.8 cm³/mol. The first kappa shape index (κ1) is 11.8. The summed E-state index contributed by atoms with van der Waals surface area (Å²) in [4.78, 5) is 14.6. The number of benzene rings is 1. The fourth-order valence-electron chi connectivity index (χ4n) is 1.14. The van der Waals surface area contributed by atoms with Crippen LogP contribution in [-0.4, -0.2) is 16.1 Å². The lowest BCUT2D eigenvalue weighted by molar-refractivity contribution is 0.0702. The third-order valence-electron chi connectivity index (χ3n) is 1.89. The number of thiazole rings is 1. The van der Waals surface area contributed by atoms with Gasteiger partial charge in [-0.25, -0.2) is 14.2 Å². The maximum absolute atomic E-state index is 12.8. The molecule has 2 aromatic rings. The second-order valence-electron chi connectivity index (χ2n) is 3.08. The van der Waals surface area contributed by atoms with Crippen molar-refractivity contribution in [3.05, 3.63) is 40.1 Å². The van der Waals surface area contributed by atoms with Crippen LogP contribution in [0.15, 0.2) is 24.4 Å². The number of aromatic carboxylic acids is 1. The van der Waals surface area contributed by atoms with Gasteiger partial charge in [-0.3, -0.25) is 0 Å². The molecule has 0 radical (unpaired) electrons. The van der Waals surface area contributed by atoms with Crippen molar-refractivity contribution in [2.75, 3.05) is 5.32 Å². The van der Waals surface area contributed by atoms with E-state index >= 15 is 0 Å². The molecule has 88 valence electrons. The summed E-state index contributed by atoms with van der Waals surface area (Å²) in [5, 5.41) is 12.1. The zero-order valence-electron chi connectivity index (χ0n) is 8.28. The second-order valence-corrected chi connectivity index (χ2v) is 4.52. The first-order valence-corrected chi connectivity index (χ1v) is 5.67. The van der Waals surface area contributed by atoms with E-state index in [1.807, 2.05) is 0 Å². The lowest BCUT2D eigenvalue weighted by Gasteiger charge is -2.04. The molecule has 0 fully saturated rings. The van der Waals surface area contributed by atoms with Crippen molar-refractivity contribution < 1.29 is 14.3 Å². The van der Waals surface area contributed by atoms with Crippen LogP contribution in [0, 0.1) is 5.82 Å². The summed E-state index contributed by atoms with van der Waals surface area (Å²) in [7, 11) is 0. The molecule has 0 amide bonds. The Balaban J connectivity index is 2.22. The SMILES string of the molecule is O=C(O)c1cnc(Nc2ccc(F)cc2Cl)s1. The van der Waals surface area contributed by atoms with Gasteiger partial charge in [0.15, 0.2) is 5.13 Å². The van der Waals surface area contributed by atoms with Gasteiger partial charge in [-0.2, -0.15) is 0 Å². The van der Waals surface area contributed by atoms with Crippen LogP contribution >= 0.6 is 22.9 Å². The molecule has 0 saturated carbocycles. The van der Waals surface area contributed by atoms with Crippen LogP contribution in [0.5, 0.6) is 0 Å². The molecule has 0 atom stereocenters. The van der Waals surface area contributed by atoms with Gasteiger partial charge in [-0.1, -0.05) is 22.9 Å². The Morgan fingerprint density at radius 3 is 2.88 bits per heavy atom. The van der Waals surface area contributed by atoms with E-state index in [9.17, 15) is 9.18 Å². The Kier molecular flexibility index (Phi) is 3.26. The lowest BCUT2D eigenvalue weighted by atomic mass is 10.3. The molecular weight excluding hydrogens is 267 g/mol. The summed E-state index contributed by atoms with van der Waals surface area (Å²) in [6.45, 7) is 0. The minimum absolute atomic E-state index is 0.116. The summed E-state index contributed by atoms with van der Waals surface area (Å²) < 4.78 is 12.8. The van der Waals surface area contributed by atoms with E-state index < -0.39 is 11.8 Å². The highest BCUT2D eigenvalue weighted by Gasteiger charge is 2.09. The van der Waals surface area contributed by atoms with E-state index in [1.54, 1.807) is 0 Å². The molecule has 0 spiro atoms. The average Bonchev–Trinajstić information content (AvgIpc) is 2.71. The van der Waals surface area contributed by atoms with Crippen molar-refractivity contribution in [2.45, 2.75) is 0 Å². The van der Waals surface area contributed by atoms with Crippen molar-refractivity contribution in [1.82, 2.24) is 4.98 Å². The van der Waals surface area contributed by atoms with Crippen molar-refractivity contribution >= 4 is 39.7 Å². The van der Waals surface area contributed by atoms with Gasteiger partial charge in [0.2, 0.25) is 0 Å². The molecule has 7 heteroatoms. The Labute approximate surface area is 105 Å². The highest BCUT2D eigenvalue weighted by molar-refractivity contribution is 7.17. The highest BCUT2D eigenvalue weighted by atomic mass is 35.5. The van der Waals surface area contributed by atoms with Gasteiger partial charge in [0.1, 0.15) is 10.7 Å². The number of nitrogens with zero attached hydrogens (tertiary/aromatic N) is 1. The smallest absolute Gasteiger partial charge is 0.347 e. The van der Waals surface area contributed by atoms with Crippen LogP contribution in [0.2, 0.25) is 5.02 Å². The van der Waals surface area contributed by atoms with Crippen LogP contribution in [0.1, 0.15) is 9.67 Å². The van der Waals surface area contributed by atoms with E-state index in [4.69, 9.17) is 16.7 Å². The number of aromatic nitrogens is 1. The summed E-state index contributed by atoms with van der Waals surface area (Å²) in [6.07, 6.45) is 1.24. The fraction of sp³-hybridized carbons (Fsp3) is 0. The number of carbonyl (C=O) groups is 1. The molecule has 1 aromatic carbocycles. The number of hydrogen-bond acceptors (Lipinski definition) is 4. The van der Waals surface area contributed by atoms with Crippen LogP contribution < -0.4 is 5.32 Å². The number of carboxylic acids is 1. The maximum atomic E-state index is 12.8. The van der Waals surface area contributed by atoms with Gasteiger partial charge in [-0.05, 0) is 18.2 Å². The van der Waals surface area contributed by atoms with Crippen LogP contribution in [0.25, 0.3) is 0 Å². The number of halogens is 2. The van der Waals surface area contributed by atoms with Crippen LogP contribution in [0.4, 0.5) is 15.2 Å². The minimum Gasteiger partial charge on any atom is -0.477 e. The first-order chi connectivity index (χ1) is 8.06. The molecule has 17 heavy (non-hydrogen) atoms. The third kappa shape index (κ3) is 2.72. The largest absolute Gasteiger partial charge is 0.477 e. The highest BCUT2D eigenvalue weighted by Crippen LogP contribution is 2.28. The standard InChI is InChI=1S/C10H6ClFN2O2S/c11-6-3-5(12)1-2-7(6)14-10-13-4-8(17-10)9(15)16/h1-4H,(H,13,14)(H,15,16). The molecule has 0 bridgehead atoms. The van der Waals surface area contributed by atoms with E-state index in [1.165, 1.54) is 18.3 Å². The molecule has 2 N–H and O–H groups in total. The fourth-order valence-corrected chi connectivity index (χ4v) is 2.02. The molecule has 0 aliphatic carbocycles. The van der Waals surface area contributed by atoms with E-state index in [-0.39, 0.29) is 9.90 Å². The van der Waals surface area contributed by atoms with Gasteiger partial charge >= 0.3 is 5.97 Å². The zero-order valence-corrected chi connectivity index (χ0v) is 9.85. The van der Waals surface area contributed by atoms with Gasteiger partial charge in [0.05, 0.1) is 16.9 Å². The minimum atomic E-state index is -1.04. The molecule has 0 aliphatic rings. The second kappa shape index (κ2) is 4.68. The molecular formula is C10H6ClFN2O2S. The number of anilines is 2. The van der Waals surface area contributed by atoms with Crippen LogP contribution in [0.3, 0.4) is 0 Å². The van der Waals surface area contributed by atoms with Gasteiger partial charge < -0.3 is 10.4 Å². The average molecular weight is 273 g/mol. The van der Waals surface area contributed by atoms with E-state index in [0.29, 0.717) is 10.8 Å².